The number of benzene rings is 1. The Kier molecular flexibility index (Phi) is 10.4. The minimum Gasteiger partial charge on any atom is -0.496 e. The number of anilines is 1. The van der Waals surface area contributed by atoms with Gasteiger partial charge in [-0.25, -0.2) is 0 Å². The zero-order chi connectivity index (χ0) is 19.8. The zero-order valence-corrected chi connectivity index (χ0v) is 17.9. The molecule has 0 radical (unpaired) electrons. The first-order valence-electron chi connectivity index (χ1n) is 9.26. The maximum absolute atomic E-state index is 12.6. The number of hydrogen-bond acceptors (Lipinski definition) is 6. The standard InChI is InChI=1S/C19H28ClN3O4.ClH/c1-3-27-18(24)5-4-8-23-9-6-13(7-10-23)22-19(25)14-11-15(20)16(21)12-17(14)26-2;/h11-13H,3-10,21H2,1-2H3,(H,22,25);1H. The van der Waals surface area contributed by atoms with Crippen LogP contribution in [-0.4, -0.2) is 56.2 Å². The second-order valence-corrected chi connectivity index (χ2v) is 6.98. The number of methoxy groups -OCH3 is 1. The van der Waals surface area contributed by atoms with Crippen molar-refractivity contribution in [3.8, 4) is 5.75 Å². The topological polar surface area (TPSA) is 93.9 Å². The summed E-state index contributed by atoms with van der Waals surface area (Å²) in [7, 11) is 1.49. The number of esters is 1. The highest BCUT2D eigenvalue weighted by Gasteiger charge is 2.23. The Balaban J connectivity index is 0.00000392. The van der Waals surface area contributed by atoms with Gasteiger partial charge in [0.15, 0.2) is 0 Å². The molecular formula is C19H29Cl2N3O4. The lowest BCUT2D eigenvalue weighted by Crippen LogP contribution is -2.45. The van der Waals surface area contributed by atoms with Crippen molar-refractivity contribution in [3.63, 3.8) is 0 Å². The van der Waals surface area contributed by atoms with Gasteiger partial charge in [0.2, 0.25) is 0 Å². The van der Waals surface area contributed by atoms with Gasteiger partial charge in [-0.3, -0.25) is 9.59 Å². The Labute approximate surface area is 177 Å². The Morgan fingerprint density at radius 2 is 2.00 bits per heavy atom. The van der Waals surface area contributed by atoms with Crippen molar-refractivity contribution in [1.82, 2.24) is 10.2 Å². The minimum absolute atomic E-state index is 0. The van der Waals surface area contributed by atoms with Gasteiger partial charge in [0.05, 0.1) is 30.0 Å². The maximum Gasteiger partial charge on any atom is 0.305 e. The van der Waals surface area contributed by atoms with Crippen LogP contribution in [0.25, 0.3) is 0 Å². The normalized spacial score (nSPS) is 14.8. The molecule has 0 atom stereocenters. The van der Waals surface area contributed by atoms with Crippen molar-refractivity contribution in [3.05, 3.63) is 22.7 Å². The fourth-order valence-corrected chi connectivity index (χ4v) is 3.32. The van der Waals surface area contributed by atoms with Crippen molar-refractivity contribution in [1.29, 1.82) is 0 Å². The van der Waals surface area contributed by atoms with Crippen molar-refractivity contribution < 1.29 is 19.1 Å². The molecule has 0 aromatic heterocycles. The van der Waals surface area contributed by atoms with Crippen LogP contribution in [0.4, 0.5) is 5.69 Å². The molecule has 0 unspecified atom stereocenters. The molecule has 0 aliphatic carbocycles. The van der Waals surface area contributed by atoms with Crippen LogP contribution in [0, 0.1) is 0 Å². The molecule has 1 aromatic carbocycles. The highest BCUT2D eigenvalue weighted by atomic mass is 35.5. The number of nitrogen functional groups attached to an aromatic ring is 1. The third-order valence-corrected chi connectivity index (χ3v) is 4.97. The number of rotatable bonds is 8. The fourth-order valence-electron chi connectivity index (χ4n) is 3.16. The Bertz CT molecular complexity index is 665. The van der Waals surface area contributed by atoms with E-state index in [0.29, 0.717) is 35.1 Å². The number of likely N-dealkylation sites (tertiary alicyclic amines) is 1. The van der Waals surface area contributed by atoms with E-state index in [2.05, 4.69) is 10.2 Å². The smallest absolute Gasteiger partial charge is 0.305 e. The Hall–Kier alpha value is -1.70. The minimum atomic E-state index is -0.213. The first-order valence-corrected chi connectivity index (χ1v) is 9.64. The number of nitrogens with one attached hydrogen (secondary N) is 1. The van der Waals surface area contributed by atoms with E-state index in [1.165, 1.54) is 13.2 Å². The largest absolute Gasteiger partial charge is 0.496 e. The van der Waals surface area contributed by atoms with Crippen molar-refractivity contribution in [2.24, 2.45) is 0 Å². The molecule has 0 saturated carbocycles. The average molecular weight is 434 g/mol. The number of amides is 1. The SMILES string of the molecule is CCOC(=O)CCCN1CCC(NC(=O)c2cc(Cl)c(N)cc2OC)CC1.Cl. The average Bonchev–Trinajstić information content (AvgIpc) is 2.65. The highest BCUT2D eigenvalue weighted by Crippen LogP contribution is 2.29. The van der Waals surface area contributed by atoms with E-state index >= 15 is 0 Å². The number of nitrogens with zero attached hydrogens (tertiary/aromatic N) is 1. The number of ether oxygens (including phenoxy) is 2. The molecule has 3 N–H and O–H groups in total. The molecule has 1 fully saturated rings. The summed E-state index contributed by atoms with van der Waals surface area (Å²) in [5, 5.41) is 3.38. The van der Waals surface area contributed by atoms with Crippen LogP contribution in [0.15, 0.2) is 12.1 Å². The summed E-state index contributed by atoms with van der Waals surface area (Å²) in [6.45, 7) is 4.86. The molecule has 1 aromatic rings. The molecule has 28 heavy (non-hydrogen) atoms. The van der Waals surface area contributed by atoms with Crippen molar-refractivity contribution in [2.45, 2.75) is 38.6 Å². The van der Waals surface area contributed by atoms with E-state index in [1.807, 2.05) is 6.92 Å². The molecule has 1 amide bonds. The van der Waals surface area contributed by atoms with Gasteiger partial charge >= 0.3 is 5.97 Å². The van der Waals surface area contributed by atoms with E-state index in [1.54, 1.807) is 6.07 Å². The molecule has 1 aliphatic rings. The van der Waals surface area contributed by atoms with Gasteiger partial charge in [-0.05, 0) is 38.8 Å². The predicted molar refractivity (Wildman–Crippen MR) is 112 cm³/mol. The monoisotopic (exact) mass is 433 g/mol. The van der Waals surface area contributed by atoms with Crippen LogP contribution in [0.3, 0.4) is 0 Å². The van der Waals surface area contributed by atoms with Gasteiger partial charge in [0, 0.05) is 31.6 Å². The number of carbonyl (C=O) groups is 2. The van der Waals surface area contributed by atoms with Crippen LogP contribution in [0.2, 0.25) is 5.02 Å². The molecule has 158 valence electrons. The molecule has 1 saturated heterocycles. The lowest BCUT2D eigenvalue weighted by Gasteiger charge is -2.32. The van der Waals surface area contributed by atoms with Gasteiger partial charge in [-0.15, -0.1) is 12.4 Å². The van der Waals surface area contributed by atoms with E-state index in [-0.39, 0.29) is 30.3 Å². The van der Waals surface area contributed by atoms with Crippen molar-refractivity contribution >= 4 is 41.6 Å². The lowest BCUT2D eigenvalue weighted by atomic mass is 10.0. The molecule has 0 spiro atoms. The fraction of sp³-hybridized carbons (Fsp3) is 0.579. The van der Waals surface area contributed by atoms with E-state index in [4.69, 9.17) is 26.8 Å². The van der Waals surface area contributed by atoms with E-state index in [0.717, 1.165) is 38.9 Å². The van der Waals surface area contributed by atoms with Crippen LogP contribution in [-0.2, 0) is 9.53 Å². The second kappa shape index (κ2) is 12.0. The summed E-state index contributed by atoms with van der Waals surface area (Å²) in [6, 6.07) is 3.19. The lowest BCUT2D eigenvalue weighted by molar-refractivity contribution is -0.143. The van der Waals surface area contributed by atoms with Gasteiger partial charge in [-0.2, -0.15) is 0 Å². The molecule has 9 heteroatoms. The summed E-state index contributed by atoms with van der Waals surface area (Å²) in [6.07, 6.45) is 2.95. The summed E-state index contributed by atoms with van der Waals surface area (Å²) in [5.41, 5.74) is 6.52. The van der Waals surface area contributed by atoms with Crippen LogP contribution in [0.5, 0.6) is 5.75 Å². The summed E-state index contributed by atoms with van der Waals surface area (Å²) in [4.78, 5) is 26.3. The van der Waals surface area contributed by atoms with Crippen LogP contribution in [0.1, 0.15) is 43.0 Å². The van der Waals surface area contributed by atoms with Crippen LogP contribution < -0.4 is 15.8 Å². The van der Waals surface area contributed by atoms with Gasteiger partial charge in [-0.1, -0.05) is 11.6 Å². The van der Waals surface area contributed by atoms with Gasteiger partial charge in [0.1, 0.15) is 5.75 Å². The Morgan fingerprint density at radius 1 is 1.32 bits per heavy atom. The number of carbonyl (C=O) groups excluding carboxylic acids is 2. The maximum atomic E-state index is 12.6. The molecule has 2 rings (SSSR count). The quantitative estimate of drug-likeness (QED) is 0.483. The first-order chi connectivity index (χ1) is 12.9. The summed E-state index contributed by atoms with van der Waals surface area (Å²) < 4.78 is 10.2. The molecular weight excluding hydrogens is 405 g/mol. The summed E-state index contributed by atoms with van der Waals surface area (Å²) >= 11 is 6.04. The number of hydrogen-bond donors (Lipinski definition) is 2. The predicted octanol–water partition coefficient (Wildman–Crippen LogP) is 2.89. The zero-order valence-electron chi connectivity index (χ0n) is 16.3. The van der Waals surface area contributed by atoms with Crippen LogP contribution >= 0.6 is 24.0 Å². The van der Waals surface area contributed by atoms with Gasteiger partial charge < -0.3 is 25.4 Å². The third-order valence-electron chi connectivity index (χ3n) is 4.65. The Morgan fingerprint density at radius 3 is 2.61 bits per heavy atom. The molecule has 0 bridgehead atoms. The molecule has 7 nitrogen and oxygen atoms in total. The number of piperidine rings is 1. The second-order valence-electron chi connectivity index (χ2n) is 6.57. The third kappa shape index (κ3) is 7.04. The van der Waals surface area contributed by atoms with Gasteiger partial charge in [0.25, 0.3) is 5.91 Å². The van der Waals surface area contributed by atoms with Crippen molar-refractivity contribution in [2.75, 3.05) is 39.1 Å². The number of halogens is 2. The highest BCUT2D eigenvalue weighted by molar-refractivity contribution is 6.33. The number of nitrogens with two attached hydrogens (primary N) is 1. The first kappa shape index (κ1) is 24.3. The molecule has 1 aliphatic heterocycles. The summed E-state index contributed by atoms with van der Waals surface area (Å²) in [5.74, 6) is 0.0519. The molecule has 1 heterocycles. The van der Waals surface area contributed by atoms with E-state index < -0.39 is 0 Å². The van der Waals surface area contributed by atoms with E-state index in [9.17, 15) is 9.59 Å².